The van der Waals surface area contributed by atoms with E-state index in [0.29, 0.717) is 5.82 Å². The van der Waals surface area contributed by atoms with Gasteiger partial charge >= 0.3 is 0 Å². The summed E-state index contributed by atoms with van der Waals surface area (Å²) in [4.78, 5) is 6.83. The van der Waals surface area contributed by atoms with Gasteiger partial charge in [-0.2, -0.15) is 0 Å². The van der Waals surface area contributed by atoms with Crippen molar-refractivity contribution in [3.8, 4) is 11.1 Å². The standard InChI is InChI=1S/C19H19N3O/c20-19-18(22-8-10-23-11-9-22)13-16-12-15(6-7-17(16)21-19)14-4-2-1-3-5-14/h1-7,12-13H,8-11H2,(H2,20,21). The third-order valence-electron chi connectivity index (χ3n) is 4.28. The molecule has 3 aromatic rings. The van der Waals surface area contributed by atoms with Crippen LogP contribution in [0.25, 0.3) is 22.0 Å². The number of nitrogens with two attached hydrogens (primary N) is 1. The number of morpholine rings is 1. The lowest BCUT2D eigenvalue weighted by Gasteiger charge is -2.29. The highest BCUT2D eigenvalue weighted by Crippen LogP contribution is 2.30. The number of aromatic nitrogens is 1. The highest BCUT2D eigenvalue weighted by molar-refractivity contribution is 5.90. The molecule has 0 saturated carbocycles. The molecule has 4 nitrogen and oxygen atoms in total. The average molecular weight is 305 g/mol. The molecular formula is C19H19N3O. The van der Waals surface area contributed by atoms with Crippen molar-refractivity contribution in [2.24, 2.45) is 0 Å². The van der Waals surface area contributed by atoms with E-state index in [1.165, 1.54) is 11.1 Å². The van der Waals surface area contributed by atoms with Gasteiger partial charge in [-0.1, -0.05) is 36.4 Å². The summed E-state index contributed by atoms with van der Waals surface area (Å²) in [5.41, 5.74) is 10.5. The number of hydrogen-bond acceptors (Lipinski definition) is 4. The van der Waals surface area contributed by atoms with Gasteiger partial charge in [0.1, 0.15) is 5.82 Å². The van der Waals surface area contributed by atoms with Crippen molar-refractivity contribution in [2.45, 2.75) is 0 Å². The van der Waals surface area contributed by atoms with Gasteiger partial charge in [0.25, 0.3) is 0 Å². The zero-order valence-corrected chi connectivity index (χ0v) is 12.9. The summed E-state index contributed by atoms with van der Waals surface area (Å²) in [6.45, 7) is 3.19. The van der Waals surface area contributed by atoms with E-state index < -0.39 is 0 Å². The molecule has 1 aliphatic rings. The second kappa shape index (κ2) is 5.89. The number of anilines is 2. The summed E-state index contributed by atoms with van der Waals surface area (Å²) in [5, 5.41) is 1.11. The summed E-state index contributed by atoms with van der Waals surface area (Å²) < 4.78 is 5.42. The molecule has 1 aliphatic heterocycles. The predicted molar refractivity (Wildman–Crippen MR) is 94.6 cm³/mol. The van der Waals surface area contributed by atoms with Crippen LogP contribution in [0.2, 0.25) is 0 Å². The van der Waals surface area contributed by atoms with Crippen molar-refractivity contribution >= 4 is 22.4 Å². The molecule has 2 N–H and O–H groups in total. The van der Waals surface area contributed by atoms with Crippen molar-refractivity contribution in [3.05, 3.63) is 54.6 Å². The number of nitrogen functional groups attached to an aromatic ring is 1. The van der Waals surface area contributed by atoms with Gasteiger partial charge in [-0.3, -0.25) is 0 Å². The molecule has 0 aliphatic carbocycles. The average Bonchev–Trinajstić information content (AvgIpc) is 2.62. The lowest BCUT2D eigenvalue weighted by atomic mass is 10.0. The molecule has 0 radical (unpaired) electrons. The van der Waals surface area contributed by atoms with Gasteiger partial charge < -0.3 is 15.4 Å². The minimum atomic E-state index is 0.590. The van der Waals surface area contributed by atoms with Crippen LogP contribution in [0, 0.1) is 0 Å². The fourth-order valence-electron chi connectivity index (χ4n) is 3.05. The fourth-order valence-corrected chi connectivity index (χ4v) is 3.05. The van der Waals surface area contributed by atoms with Gasteiger partial charge in [-0.05, 0) is 29.3 Å². The molecule has 2 aromatic carbocycles. The van der Waals surface area contributed by atoms with Crippen LogP contribution >= 0.6 is 0 Å². The van der Waals surface area contributed by atoms with Crippen molar-refractivity contribution < 1.29 is 4.74 Å². The van der Waals surface area contributed by atoms with E-state index in [0.717, 1.165) is 42.9 Å². The van der Waals surface area contributed by atoms with E-state index >= 15 is 0 Å². The van der Waals surface area contributed by atoms with Gasteiger partial charge in [0.15, 0.2) is 0 Å². The molecule has 0 atom stereocenters. The molecular weight excluding hydrogens is 286 g/mol. The predicted octanol–water partition coefficient (Wildman–Crippen LogP) is 3.32. The summed E-state index contributed by atoms with van der Waals surface area (Å²) in [7, 11) is 0. The summed E-state index contributed by atoms with van der Waals surface area (Å²) in [6, 6.07) is 18.8. The highest BCUT2D eigenvalue weighted by atomic mass is 16.5. The third kappa shape index (κ3) is 2.73. The Labute approximate surface area is 135 Å². The molecule has 1 saturated heterocycles. The number of benzene rings is 2. The van der Waals surface area contributed by atoms with Crippen LogP contribution in [-0.4, -0.2) is 31.3 Å². The second-order valence-electron chi connectivity index (χ2n) is 5.77. The van der Waals surface area contributed by atoms with Gasteiger partial charge in [0, 0.05) is 18.5 Å². The lowest BCUT2D eigenvalue weighted by Crippen LogP contribution is -2.36. The molecule has 0 unspecified atom stereocenters. The fraction of sp³-hybridized carbons (Fsp3) is 0.211. The van der Waals surface area contributed by atoms with Gasteiger partial charge in [0.05, 0.1) is 24.4 Å². The Kier molecular flexibility index (Phi) is 3.60. The number of hydrogen-bond donors (Lipinski definition) is 1. The van der Waals surface area contributed by atoms with Crippen LogP contribution in [0.4, 0.5) is 11.5 Å². The van der Waals surface area contributed by atoms with Crippen LogP contribution in [-0.2, 0) is 4.74 Å². The molecule has 23 heavy (non-hydrogen) atoms. The number of rotatable bonds is 2. The normalized spacial score (nSPS) is 15.0. The largest absolute Gasteiger partial charge is 0.382 e. The maximum atomic E-state index is 6.17. The van der Waals surface area contributed by atoms with E-state index in [-0.39, 0.29) is 0 Å². The van der Waals surface area contributed by atoms with Crippen molar-refractivity contribution in [1.82, 2.24) is 4.98 Å². The Balaban J connectivity index is 1.79. The summed E-state index contributed by atoms with van der Waals surface area (Å²) in [6.07, 6.45) is 0. The van der Waals surface area contributed by atoms with E-state index in [4.69, 9.17) is 10.5 Å². The first kappa shape index (κ1) is 14.0. The Morgan fingerprint density at radius 2 is 1.70 bits per heavy atom. The number of fused-ring (bicyclic) bond motifs is 1. The molecule has 1 aromatic heterocycles. The van der Waals surface area contributed by atoms with Crippen LogP contribution in [0.5, 0.6) is 0 Å². The van der Waals surface area contributed by atoms with Crippen LogP contribution in [0.15, 0.2) is 54.6 Å². The minimum Gasteiger partial charge on any atom is -0.382 e. The van der Waals surface area contributed by atoms with E-state index in [2.05, 4.69) is 52.3 Å². The smallest absolute Gasteiger partial charge is 0.147 e. The maximum absolute atomic E-state index is 6.17. The molecule has 0 spiro atoms. The van der Waals surface area contributed by atoms with E-state index in [9.17, 15) is 0 Å². The lowest BCUT2D eigenvalue weighted by molar-refractivity contribution is 0.123. The first-order valence-electron chi connectivity index (χ1n) is 7.90. The maximum Gasteiger partial charge on any atom is 0.147 e. The van der Waals surface area contributed by atoms with Crippen molar-refractivity contribution in [1.29, 1.82) is 0 Å². The van der Waals surface area contributed by atoms with Crippen molar-refractivity contribution in [3.63, 3.8) is 0 Å². The molecule has 4 rings (SSSR count). The van der Waals surface area contributed by atoms with Crippen molar-refractivity contribution in [2.75, 3.05) is 36.9 Å². The highest BCUT2D eigenvalue weighted by Gasteiger charge is 2.15. The van der Waals surface area contributed by atoms with Gasteiger partial charge in [0.2, 0.25) is 0 Å². The quantitative estimate of drug-likeness (QED) is 0.789. The molecule has 0 bridgehead atoms. The number of ether oxygens (including phenoxy) is 1. The second-order valence-corrected chi connectivity index (χ2v) is 5.77. The molecule has 1 fully saturated rings. The summed E-state index contributed by atoms with van der Waals surface area (Å²) >= 11 is 0. The topological polar surface area (TPSA) is 51.4 Å². The van der Waals surface area contributed by atoms with Gasteiger partial charge in [-0.15, -0.1) is 0 Å². The number of pyridine rings is 1. The van der Waals surface area contributed by atoms with E-state index in [1.807, 2.05) is 12.1 Å². The third-order valence-corrected chi connectivity index (χ3v) is 4.28. The zero-order chi connectivity index (χ0) is 15.6. The van der Waals surface area contributed by atoms with Crippen LogP contribution in [0.3, 0.4) is 0 Å². The first-order valence-corrected chi connectivity index (χ1v) is 7.90. The first-order chi connectivity index (χ1) is 11.3. The van der Waals surface area contributed by atoms with E-state index in [1.54, 1.807) is 0 Å². The SMILES string of the molecule is Nc1nc2ccc(-c3ccccc3)cc2cc1N1CCOCC1. The Morgan fingerprint density at radius 3 is 2.48 bits per heavy atom. The zero-order valence-electron chi connectivity index (χ0n) is 12.9. The number of nitrogens with zero attached hydrogens (tertiary/aromatic N) is 2. The molecule has 0 amide bonds. The van der Waals surface area contributed by atoms with Gasteiger partial charge in [-0.25, -0.2) is 4.98 Å². The summed E-state index contributed by atoms with van der Waals surface area (Å²) in [5.74, 6) is 0.590. The Bertz CT molecular complexity index is 827. The van der Waals surface area contributed by atoms with Crippen LogP contribution in [0.1, 0.15) is 0 Å². The molecule has 116 valence electrons. The Morgan fingerprint density at radius 1 is 0.913 bits per heavy atom. The molecule has 2 heterocycles. The monoisotopic (exact) mass is 305 g/mol. The molecule has 4 heteroatoms. The Hall–Kier alpha value is -2.59. The van der Waals surface area contributed by atoms with Crippen LogP contribution < -0.4 is 10.6 Å². The minimum absolute atomic E-state index is 0.590.